The van der Waals surface area contributed by atoms with Gasteiger partial charge in [-0.3, -0.25) is 10.1 Å². The lowest BCUT2D eigenvalue weighted by molar-refractivity contribution is -0.918. The molecule has 0 saturated carbocycles. The summed E-state index contributed by atoms with van der Waals surface area (Å²) < 4.78 is 9.27. The molecule has 0 saturated heterocycles. The second-order valence-corrected chi connectivity index (χ2v) is 8.11. The largest absolute Gasteiger partial charge is 0.577 e. The van der Waals surface area contributed by atoms with Crippen molar-refractivity contribution in [2.24, 2.45) is 5.10 Å². The number of amides is 2. The van der Waals surface area contributed by atoms with Gasteiger partial charge in [0.1, 0.15) is 10.7 Å². The Balaban J connectivity index is 2.09. The first-order valence-corrected chi connectivity index (χ1v) is 11.6. The fourth-order valence-electron chi connectivity index (χ4n) is 3.42. The van der Waals surface area contributed by atoms with Crippen LogP contribution in [0, 0.1) is 10.1 Å². The van der Waals surface area contributed by atoms with Crippen molar-refractivity contribution < 1.29 is 28.7 Å². The summed E-state index contributed by atoms with van der Waals surface area (Å²) >= 11 is 1.23. The van der Waals surface area contributed by atoms with Crippen LogP contribution in [0.2, 0.25) is 0 Å². The zero-order chi connectivity index (χ0) is 24.7. The van der Waals surface area contributed by atoms with Gasteiger partial charge in [-0.25, -0.2) is 5.43 Å². The minimum absolute atomic E-state index is 0.0249. The number of hydrogen-bond acceptors (Lipinski definition) is 10. The maximum absolute atomic E-state index is 13.2. The Morgan fingerprint density at radius 2 is 1.65 bits per heavy atom. The van der Waals surface area contributed by atoms with Crippen LogP contribution in [0.15, 0.2) is 64.6 Å². The first-order chi connectivity index (χ1) is 16.4. The van der Waals surface area contributed by atoms with Gasteiger partial charge >= 0.3 is 12.2 Å². The summed E-state index contributed by atoms with van der Waals surface area (Å²) in [7, 11) is 0. The summed E-state index contributed by atoms with van der Waals surface area (Å²) in [4.78, 5) is 37.9. The topological polar surface area (TPSA) is 123 Å². The monoisotopic (exact) mass is 488 g/mol. The number of nitrogens with one attached hydrogen (secondary N) is 1. The second-order valence-electron chi connectivity index (χ2n) is 7.05. The lowest BCUT2D eigenvalue weighted by Crippen LogP contribution is -2.64. The molecule has 1 unspecified atom stereocenters. The van der Waals surface area contributed by atoms with E-state index in [9.17, 15) is 19.7 Å². The number of quaternary nitrogens is 1. The van der Waals surface area contributed by atoms with Gasteiger partial charge in [0, 0.05) is 17.0 Å². The quantitative estimate of drug-likeness (QED) is 0.327. The summed E-state index contributed by atoms with van der Waals surface area (Å²) in [6.45, 7) is 5.17. The number of nitrogens with zero attached hydrogens (tertiary/aromatic N) is 4. The van der Waals surface area contributed by atoms with Crippen molar-refractivity contribution in [3.63, 3.8) is 0 Å². The Morgan fingerprint density at radius 1 is 1.06 bits per heavy atom. The zero-order valence-electron chi connectivity index (χ0n) is 19.0. The molecule has 1 aliphatic heterocycles. The molecule has 0 radical (unpaired) electrons. The highest BCUT2D eigenvalue weighted by atomic mass is 32.2. The Kier molecular flexibility index (Phi) is 8.21. The van der Waals surface area contributed by atoms with Crippen LogP contribution in [-0.4, -0.2) is 45.3 Å². The number of hydrazine groups is 1. The second kappa shape index (κ2) is 11.1. The minimum atomic E-state index is -1.23. The molecule has 2 aromatic carbocycles. The first kappa shape index (κ1) is 25.1. The van der Waals surface area contributed by atoms with E-state index in [1.807, 2.05) is 37.3 Å². The number of hydrogen-bond donors (Lipinski definition) is 1. The Labute approximate surface area is 201 Å². The Hall–Kier alpha value is -3.48. The van der Waals surface area contributed by atoms with Crippen LogP contribution in [0.3, 0.4) is 0 Å². The fraction of sp³-hybridized carbons (Fsp3) is 0.318. The summed E-state index contributed by atoms with van der Waals surface area (Å²) in [6.07, 6.45) is -1.43. The van der Waals surface area contributed by atoms with Crippen molar-refractivity contribution in [2.45, 2.75) is 38.1 Å². The number of carbonyl (C=O) groups excluding carboxylic acids is 2. The molecule has 1 N–H and O–H groups in total. The summed E-state index contributed by atoms with van der Waals surface area (Å²) in [5, 5.41) is 17.2. The number of carbonyl (C=O) groups is 2. The van der Waals surface area contributed by atoms with Gasteiger partial charge in [0.2, 0.25) is 5.17 Å². The molecule has 34 heavy (non-hydrogen) atoms. The van der Waals surface area contributed by atoms with Crippen molar-refractivity contribution in [1.82, 2.24) is 10.5 Å². The molecule has 2 amide bonds. The molecule has 0 aromatic heterocycles. The van der Waals surface area contributed by atoms with Crippen molar-refractivity contribution >= 4 is 34.8 Å². The molecule has 180 valence electrons. The third-order valence-corrected chi connectivity index (χ3v) is 5.80. The molecule has 1 atom stereocenters. The predicted molar refractivity (Wildman–Crippen MR) is 125 cm³/mol. The van der Waals surface area contributed by atoms with Gasteiger partial charge in [0.05, 0.1) is 18.1 Å². The summed E-state index contributed by atoms with van der Waals surface area (Å²) in [5.74, 6) is 0. The van der Waals surface area contributed by atoms with E-state index in [1.54, 1.807) is 26.0 Å². The molecule has 2 aromatic rings. The minimum Gasteiger partial charge on any atom is -0.417 e. The Morgan fingerprint density at radius 3 is 2.15 bits per heavy atom. The van der Waals surface area contributed by atoms with Crippen LogP contribution in [0.25, 0.3) is 0 Å². The summed E-state index contributed by atoms with van der Waals surface area (Å²) in [5.41, 5.74) is 3.65. The van der Waals surface area contributed by atoms with Crippen LogP contribution in [0.4, 0.5) is 15.3 Å². The van der Waals surface area contributed by atoms with Gasteiger partial charge in [-0.2, -0.15) is 9.59 Å². The van der Waals surface area contributed by atoms with Gasteiger partial charge in [-0.05, 0) is 59.9 Å². The fourth-order valence-corrected chi connectivity index (χ4v) is 4.24. The van der Waals surface area contributed by atoms with E-state index in [2.05, 4.69) is 10.5 Å². The SMILES string of the molecule is CCOC(=O)[N+]1(C(=O)OCC)N=C(Sc2ccccc2)NN1C(CC)c1ccc([N+](=O)[O-])cc1. The molecular weight excluding hydrogens is 462 g/mol. The molecule has 1 aliphatic rings. The van der Waals surface area contributed by atoms with Crippen molar-refractivity contribution in [3.8, 4) is 0 Å². The molecule has 0 spiro atoms. The molecule has 0 bridgehead atoms. The van der Waals surface area contributed by atoms with E-state index in [1.165, 1.54) is 29.0 Å². The van der Waals surface area contributed by atoms with Crippen LogP contribution in [-0.2, 0) is 9.47 Å². The number of non-ortho nitro benzene ring substituents is 1. The lowest BCUT2D eigenvalue weighted by Gasteiger charge is -2.32. The number of imide groups is 1. The normalized spacial score (nSPS) is 15.7. The van der Waals surface area contributed by atoms with Crippen molar-refractivity contribution in [3.05, 3.63) is 70.3 Å². The highest BCUT2D eigenvalue weighted by molar-refractivity contribution is 8.13. The van der Waals surface area contributed by atoms with Crippen LogP contribution >= 0.6 is 11.8 Å². The number of rotatable bonds is 7. The van der Waals surface area contributed by atoms with E-state index in [0.29, 0.717) is 12.0 Å². The molecule has 0 aliphatic carbocycles. The van der Waals surface area contributed by atoms with Gasteiger partial charge < -0.3 is 9.47 Å². The van der Waals surface area contributed by atoms with E-state index in [-0.39, 0.29) is 24.1 Å². The molecular formula is C22H26N5O6S+. The maximum atomic E-state index is 13.2. The molecule has 3 rings (SSSR count). The number of nitro benzene ring substituents is 1. The Bertz CT molecular complexity index is 1050. The van der Waals surface area contributed by atoms with E-state index < -0.39 is 27.9 Å². The van der Waals surface area contributed by atoms with Gasteiger partial charge in [-0.1, -0.05) is 37.3 Å². The average Bonchev–Trinajstić information content (AvgIpc) is 3.21. The van der Waals surface area contributed by atoms with Crippen LogP contribution < -0.4 is 5.43 Å². The van der Waals surface area contributed by atoms with Gasteiger partial charge in [0.25, 0.3) is 5.69 Å². The number of nitro groups is 1. The molecule has 11 nitrogen and oxygen atoms in total. The predicted octanol–water partition coefficient (Wildman–Crippen LogP) is 4.97. The molecule has 0 fully saturated rings. The van der Waals surface area contributed by atoms with Crippen molar-refractivity contribution in [1.29, 1.82) is 0 Å². The third kappa shape index (κ3) is 5.03. The number of ether oxygens (including phenoxy) is 2. The van der Waals surface area contributed by atoms with Crippen LogP contribution in [0.1, 0.15) is 38.8 Å². The average molecular weight is 489 g/mol. The standard InChI is InChI=1S/C22H26N5O6S/c1-4-19(16-12-14-17(15-13-16)26(30)31)25-23-20(34-18-10-8-7-9-11-18)24-27(25,21(28)32-5-2)22(29)33-6-3/h7-15,19H,4-6H2,1-3H3,(H,23,24)/q+1. The van der Waals surface area contributed by atoms with Gasteiger partial charge in [-0.15, -0.1) is 0 Å². The van der Waals surface area contributed by atoms with Crippen molar-refractivity contribution in [2.75, 3.05) is 13.2 Å². The highest BCUT2D eigenvalue weighted by Gasteiger charge is 2.63. The third-order valence-electron chi connectivity index (χ3n) is 4.93. The molecule has 1 heterocycles. The van der Waals surface area contributed by atoms with Crippen LogP contribution in [0.5, 0.6) is 0 Å². The number of amidine groups is 1. The zero-order valence-corrected chi connectivity index (χ0v) is 19.9. The smallest absolute Gasteiger partial charge is 0.417 e. The van der Waals surface area contributed by atoms with E-state index >= 15 is 0 Å². The number of thioether (sulfide) groups is 1. The summed E-state index contributed by atoms with van der Waals surface area (Å²) in [6, 6.07) is 14.7. The van der Waals surface area contributed by atoms with Gasteiger partial charge in [0.15, 0.2) is 0 Å². The number of benzene rings is 2. The maximum Gasteiger partial charge on any atom is 0.577 e. The van der Waals surface area contributed by atoms with E-state index in [4.69, 9.17) is 9.47 Å². The van der Waals surface area contributed by atoms with E-state index in [0.717, 1.165) is 4.90 Å². The highest BCUT2D eigenvalue weighted by Crippen LogP contribution is 2.36. The first-order valence-electron chi connectivity index (χ1n) is 10.7. The lowest BCUT2D eigenvalue weighted by atomic mass is 10.0. The molecule has 12 heteroatoms.